The van der Waals surface area contributed by atoms with E-state index in [1.165, 1.54) is 4.90 Å². The quantitative estimate of drug-likeness (QED) is 0.513. The van der Waals surface area contributed by atoms with E-state index in [4.69, 9.17) is 16.3 Å². The smallest absolute Gasteiger partial charge is 0.282 e. The molecule has 0 saturated carbocycles. The van der Waals surface area contributed by atoms with Crippen LogP contribution in [-0.2, 0) is 9.59 Å². The van der Waals surface area contributed by atoms with Crippen molar-refractivity contribution in [1.29, 1.82) is 0 Å². The van der Waals surface area contributed by atoms with E-state index in [1.807, 2.05) is 45.0 Å². The van der Waals surface area contributed by atoms with Gasteiger partial charge in [0.25, 0.3) is 11.8 Å². The topological polar surface area (TPSA) is 58.6 Å². The van der Waals surface area contributed by atoms with Gasteiger partial charge in [-0.2, -0.15) is 0 Å². The molecule has 0 aromatic heterocycles. The summed E-state index contributed by atoms with van der Waals surface area (Å²) in [5.41, 5.74) is 5.37. The number of imide groups is 1. The fourth-order valence-electron chi connectivity index (χ4n) is 3.66. The number of halogens is 1. The minimum absolute atomic E-state index is 0.214. The van der Waals surface area contributed by atoms with Crippen molar-refractivity contribution >= 4 is 40.4 Å². The van der Waals surface area contributed by atoms with E-state index in [0.29, 0.717) is 33.3 Å². The average molecular weight is 447 g/mol. The molecule has 162 valence electrons. The predicted octanol–water partition coefficient (Wildman–Crippen LogP) is 5.67. The Morgan fingerprint density at radius 2 is 1.59 bits per heavy atom. The van der Waals surface area contributed by atoms with E-state index in [9.17, 15) is 9.59 Å². The second-order valence-electron chi connectivity index (χ2n) is 7.78. The van der Waals surface area contributed by atoms with Crippen LogP contribution in [0.1, 0.15) is 22.3 Å². The Morgan fingerprint density at radius 1 is 0.844 bits per heavy atom. The van der Waals surface area contributed by atoms with E-state index in [2.05, 4.69) is 5.32 Å². The maximum absolute atomic E-state index is 13.6. The molecule has 0 bridgehead atoms. The molecule has 6 heteroatoms. The monoisotopic (exact) mass is 446 g/mol. The first kappa shape index (κ1) is 21.7. The molecule has 1 aliphatic heterocycles. The van der Waals surface area contributed by atoms with Crippen LogP contribution in [0.25, 0.3) is 5.57 Å². The zero-order valence-corrected chi connectivity index (χ0v) is 19.1. The molecular weight excluding hydrogens is 424 g/mol. The lowest BCUT2D eigenvalue weighted by atomic mass is 9.99. The van der Waals surface area contributed by atoms with Gasteiger partial charge in [-0.1, -0.05) is 41.9 Å². The van der Waals surface area contributed by atoms with Crippen LogP contribution < -0.4 is 15.0 Å². The minimum Gasteiger partial charge on any atom is -0.497 e. The van der Waals surface area contributed by atoms with Crippen LogP contribution in [0.5, 0.6) is 5.75 Å². The van der Waals surface area contributed by atoms with Gasteiger partial charge in [0.1, 0.15) is 11.4 Å². The molecule has 2 amide bonds. The van der Waals surface area contributed by atoms with Gasteiger partial charge in [-0.15, -0.1) is 0 Å². The van der Waals surface area contributed by atoms with Gasteiger partial charge < -0.3 is 10.1 Å². The second kappa shape index (κ2) is 8.52. The van der Waals surface area contributed by atoms with Crippen molar-refractivity contribution in [3.8, 4) is 5.75 Å². The van der Waals surface area contributed by atoms with Gasteiger partial charge in [-0.25, -0.2) is 4.90 Å². The molecule has 0 radical (unpaired) electrons. The van der Waals surface area contributed by atoms with Crippen molar-refractivity contribution in [3.63, 3.8) is 0 Å². The molecule has 0 unspecified atom stereocenters. The first-order chi connectivity index (χ1) is 15.3. The Bertz CT molecular complexity index is 1280. The molecule has 1 heterocycles. The van der Waals surface area contributed by atoms with Gasteiger partial charge in [0, 0.05) is 16.8 Å². The molecule has 5 nitrogen and oxygen atoms in total. The van der Waals surface area contributed by atoms with E-state index in [0.717, 1.165) is 16.7 Å². The summed E-state index contributed by atoms with van der Waals surface area (Å²) < 4.78 is 5.28. The SMILES string of the molecule is COc1cccc(N2C(=O)C(Nc3cc(Cl)ccc3C)=C(c3ccc(C)c(C)c3)C2=O)c1. The predicted molar refractivity (Wildman–Crippen MR) is 128 cm³/mol. The maximum Gasteiger partial charge on any atom is 0.282 e. The van der Waals surface area contributed by atoms with Crippen LogP contribution in [0, 0.1) is 20.8 Å². The van der Waals surface area contributed by atoms with Crippen LogP contribution in [-0.4, -0.2) is 18.9 Å². The first-order valence-electron chi connectivity index (χ1n) is 10.2. The third-order valence-electron chi connectivity index (χ3n) is 5.65. The minimum atomic E-state index is -0.434. The Labute approximate surface area is 192 Å². The third kappa shape index (κ3) is 3.87. The van der Waals surface area contributed by atoms with E-state index >= 15 is 0 Å². The molecular formula is C26H23ClN2O3. The van der Waals surface area contributed by atoms with E-state index in [1.54, 1.807) is 43.5 Å². The van der Waals surface area contributed by atoms with Crippen LogP contribution >= 0.6 is 11.6 Å². The lowest BCUT2D eigenvalue weighted by Gasteiger charge is -2.16. The number of rotatable bonds is 5. The van der Waals surface area contributed by atoms with Crippen molar-refractivity contribution < 1.29 is 14.3 Å². The zero-order chi connectivity index (χ0) is 23.0. The van der Waals surface area contributed by atoms with Gasteiger partial charge in [-0.3, -0.25) is 9.59 Å². The molecule has 3 aromatic carbocycles. The fourth-order valence-corrected chi connectivity index (χ4v) is 3.83. The summed E-state index contributed by atoms with van der Waals surface area (Å²) in [6, 6.07) is 18.0. The first-order valence-corrected chi connectivity index (χ1v) is 10.6. The highest BCUT2D eigenvalue weighted by Crippen LogP contribution is 2.36. The largest absolute Gasteiger partial charge is 0.497 e. The van der Waals surface area contributed by atoms with Crippen LogP contribution in [0.2, 0.25) is 5.02 Å². The van der Waals surface area contributed by atoms with Crippen molar-refractivity contribution in [1.82, 2.24) is 0 Å². The number of amides is 2. The van der Waals surface area contributed by atoms with Crippen molar-refractivity contribution in [2.75, 3.05) is 17.3 Å². The van der Waals surface area contributed by atoms with Gasteiger partial charge in [0.2, 0.25) is 0 Å². The van der Waals surface area contributed by atoms with Crippen molar-refractivity contribution in [2.24, 2.45) is 0 Å². The molecule has 0 atom stereocenters. The number of carbonyl (C=O) groups excluding carboxylic acids is 2. The van der Waals surface area contributed by atoms with Crippen molar-refractivity contribution in [3.05, 3.63) is 93.6 Å². The van der Waals surface area contributed by atoms with Gasteiger partial charge in [0.15, 0.2) is 0 Å². The highest BCUT2D eigenvalue weighted by molar-refractivity contribution is 6.46. The number of hydrogen-bond acceptors (Lipinski definition) is 4. The third-order valence-corrected chi connectivity index (χ3v) is 5.89. The number of nitrogens with zero attached hydrogens (tertiary/aromatic N) is 1. The van der Waals surface area contributed by atoms with E-state index in [-0.39, 0.29) is 5.70 Å². The highest BCUT2D eigenvalue weighted by Gasteiger charge is 2.40. The zero-order valence-electron chi connectivity index (χ0n) is 18.3. The summed E-state index contributed by atoms with van der Waals surface area (Å²) in [4.78, 5) is 28.3. The van der Waals surface area contributed by atoms with Crippen LogP contribution in [0.4, 0.5) is 11.4 Å². The summed E-state index contributed by atoms with van der Waals surface area (Å²) in [6.45, 7) is 5.90. The maximum atomic E-state index is 13.6. The Hall–Kier alpha value is -3.57. The van der Waals surface area contributed by atoms with E-state index < -0.39 is 11.8 Å². The van der Waals surface area contributed by atoms with Crippen LogP contribution in [0.3, 0.4) is 0 Å². The molecule has 0 fully saturated rings. The highest BCUT2D eigenvalue weighted by atomic mass is 35.5. The summed E-state index contributed by atoms with van der Waals surface area (Å²) in [5.74, 6) is -0.271. The molecule has 0 saturated heterocycles. The van der Waals surface area contributed by atoms with Gasteiger partial charge in [0.05, 0.1) is 18.4 Å². The van der Waals surface area contributed by atoms with Crippen molar-refractivity contribution in [2.45, 2.75) is 20.8 Å². The number of benzene rings is 3. The summed E-state index contributed by atoms with van der Waals surface area (Å²) >= 11 is 6.18. The Balaban J connectivity index is 1.87. The van der Waals surface area contributed by atoms with Crippen LogP contribution in [0.15, 0.2) is 66.4 Å². The number of carbonyl (C=O) groups is 2. The number of methoxy groups -OCH3 is 1. The normalized spacial score (nSPS) is 13.7. The molecule has 32 heavy (non-hydrogen) atoms. The Morgan fingerprint density at radius 3 is 2.31 bits per heavy atom. The lowest BCUT2D eigenvalue weighted by molar-refractivity contribution is -0.120. The van der Waals surface area contributed by atoms with Gasteiger partial charge in [-0.05, 0) is 67.3 Å². The number of ether oxygens (including phenoxy) is 1. The molecule has 0 spiro atoms. The molecule has 1 aliphatic rings. The number of hydrogen-bond donors (Lipinski definition) is 1. The molecule has 1 N–H and O–H groups in total. The lowest BCUT2D eigenvalue weighted by Crippen LogP contribution is -2.32. The Kier molecular flexibility index (Phi) is 5.76. The summed E-state index contributed by atoms with van der Waals surface area (Å²) in [6.07, 6.45) is 0. The fraction of sp³-hybridized carbons (Fsp3) is 0.154. The number of aryl methyl sites for hydroxylation is 3. The second-order valence-corrected chi connectivity index (χ2v) is 8.22. The standard InChI is InChI=1S/C26H23ClN2O3/c1-15-8-10-18(12-17(15)3)23-24(28-22-13-19(27)11-9-16(22)2)26(31)29(25(23)30)20-6-5-7-21(14-20)32-4/h5-14,28H,1-4H3. The molecule has 0 aliphatic carbocycles. The van der Waals surface area contributed by atoms with Gasteiger partial charge >= 0.3 is 0 Å². The molecule has 3 aromatic rings. The average Bonchev–Trinajstić information content (AvgIpc) is 3.02. The number of anilines is 2. The summed E-state index contributed by atoms with van der Waals surface area (Å²) in [5, 5.41) is 3.73. The number of nitrogens with one attached hydrogen (secondary N) is 1. The molecule has 4 rings (SSSR count). The summed E-state index contributed by atoms with van der Waals surface area (Å²) in [7, 11) is 1.54.